The molecule has 0 aliphatic rings. The van der Waals surface area contributed by atoms with Gasteiger partial charge in [-0.15, -0.1) is 0 Å². The molecule has 0 amide bonds. The molecule has 0 aromatic carbocycles. The first-order valence-corrected chi connectivity index (χ1v) is 11.8. The topological polar surface area (TPSA) is 65.0 Å². The third kappa shape index (κ3) is 20.3. The quantitative estimate of drug-likeness (QED) is 0.194. The minimum atomic E-state index is -3.89. The van der Waals surface area contributed by atoms with E-state index in [1.54, 1.807) is 0 Å². The molecule has 26 heavy (non-hydrogen) atoms. The van der Waals surface area contributed by atoms with Crippen molar-refractivity contribution in [2.45, 2.75) is 71.1 Å². The maximum Gasteiger partial charge on any atom is 0.472 e. The van der Waals surface area contributed by atoms with Gasteiger partial charge in [-0.05, 0) is 19.3 Å². The number of likely N-dealkylation sites (N-methyl/N-ethyl adjacent to an activating group) is 1. The van der Waals surface area contributed by atoms with Crippen LogP contribution in [0.4, 0.5) is 0 Å². The van der Waals surface area contributed by atoms with E-state index in [1.165, 1.54) is 38.5 Å². The Kier molecular flexibility index (Phi) is 16.0. The van der Waals surface area contributed by atoms with Crippen molar-refractivity contribution < 1.29 is 27.7 Å². The van der Waals surface area contributed by atoms with Gasteiger partial charge in [0.2, 0.25) is 0 Å². The van der Waals surface area contributed by atoms with Gasteiger partial charge in [-0.25, -0.2) is 4.57 Å². The summed E-state index contributed by atoms with van der Waals surface area (Å²) in [6, 6.07) is 0. The number of nitrogens with zero attached hydrogens (tertiary/aromatic N) is 1. The van der Waals surface area contributed by atoms with Crippen molar-refractivity contribution in [2.24, 2.45) is 0 Å². The molecule has 0 aliphatic heterocycles. The third-order valence-corrected chi connectivity index (χ3v) is 5.11. The highest BCUT2D eigenvalue weighted by atomic mass is 31.2. The molecule has 0 spiro atoms. The minimum absolute atomic E-state index is 0.220. The highest BCUT2D eigenvalue weighted by Crippen LogP contribution is 2.43. The van der Waals surface area contributed by atoms with Crippen LogP contribution in [0, 0.1) is 0 Å². The summed E-state index contributed by atoms with van der Waals surface area (Å²) in [5.41, 5.74) is 0. The smallest absolute Gasteiger partial charge is 0.381 e. The van der Waals surface area contributed by atoms with Crippen molar-refractivity contribution in [3.05, 3.63) is 0 Å². The van der Waals surface area contributed by atoms with E-state index in [2.05, 4.69) is 6.92 Å². The molecule has 0 rings (SSSR count). The Balaban J connectivity index is 3.33. The molecule has 0 heterocycles. The maximum atomic E-state index is 11.7. The van der Waals surface area contributed by atoms with E-state index in [0.717, 1.165) is 38.9 Å². The van der Waals surface area contributed by atoms with Gasteiger partial charge in [-0.2, -0.15) is 0 Å². The van der Waals surface area contributed by atoms with E-state index in [-0.39, 0.29) is 13.2 Å². The van der Waals surface area contributed by atoms with Gasteiger partial charge in [0.1, 0.15) is 13.2 Å². The average molecular weight is 397 g/mol. The lowest BCUT2D eigenvalue weighted by molar-refractivity contribution is -0.870. The van der Waals surface area contributed by atoms with Crippen molar-refractivity contribution in [3.8, 4) is 0 Å². The van der Waals surface area contributed by atoms with Gasteiger partial charge in [0.05, 0.1) is 27.7 Å². The summed E-state index contributed by atoms with van der Waals surface area (Å²) >= 11 is 0. The van der Waals surface area contributed by atoms with Gasteiger partial charge < -0.3 is 14.1 Å². The van der Waals surface area contributed by atoms with E-state index >= 15 is 0 Å². The summed E-state index contributed by atoms with van der Waals surface area (Å²) in [7, 11) is 2.13. The summed E-state index contributed by atoms with van der Waals surface area (Å²) in [5, 5.41) is 0. The fourth-order valence-corrected chi connectivity index (χ4v) is 3.14. The van der Waals surface area contributed by atoms with Gasteiger partial charge in [0.25, 0.3) is 0 Å². The van der Waals surface area contributed by atoms with Crippen LogP contribution in [0.5, 0.6) is 0 Å². The number of quaternary nitrogens is 1. The normalized spacial score (nSPS) is 14.5. The highest BCUT2D eigenvalue weighted by molar-refractivity contribution is 7.47. The van der Waals surface area contributed by atoms with Gasteiger partial charge in [0.15, 0.2) is 0 Å². The second-order valence-electron chi connectivity index (χ2n) is 7.94. The molecule has 0 bridgehead atoms. The van der Waals surface area contributed by atoms with Crippen LogP contribution >= 0.6 is 7.82 Å². The maximum absolute atomic E-state index is 11.7. The predicted octanol–water partition coefficient (Wildman–Crippen LogP) is 4.76. The molecule has 0 saturated carbocycles. The Morgan fingerprint density at radius 1 is 0.731 bits per heavy atom. The van der Waals surface area contributed by atoms with Crippen LogP contribution in [-0.4, -0.2) is 63.5 Å². The molecule has 1 unspecified atom stereocenters. The van der Waals surface area contributed by atoms with E-state index in [9.17, 15) is 9.46 Å². The second-order valence-corrected chi connectivity index (χ2v) is 9.40. The number of rotatable bonds is 19. The summed E-state index contributed by atoms with van der Waals surface area (Å²) in [4.78, 5) is 9.59. The summed E-state index contributed by atoms with van der Waals surface area (Å²) in [6.07, 6.45) is 11.4. The molecule has 0 saturated heterocycles. The van der Waals surface area contributed by atoms with E-state index in [1.807, 2.05) is 21.1 Å². The summed E-state index contributed by atoms with van der Waals surface area (Å²) in [5.74, 6) is 0. The van der Waals surface area contributed by atoms with Crippen molar-refractivity contribution in [1.82, 2.24) is 0 Å². The molecule has 1 N–H and O–H groups in total. The predicted molar refractivity (Wildman–Crippen MR) is 107 cm³/mol. The van der Waals surface area contributed by atoms with E-state index in [0.29, 0.717) is 11.0 Å². The standard InChI is InChI=1S/C19H42NO5P/c1-5-6-7-12-16-23-17-13-10-8-9-11-14-18-24-26(21,22)25-19-15-20(2,3)4/h5-19H2,1-4H3/p+1. The fourth-order valence-electron chi connectivity index (χ4n) is 2.39. The zero-order valence-corrected chi connectivity index (χ0v) is 18.5. The molecule has 0 aliphatic carbocycles. The first kappa shape index (κ1) is 26.0. The van der Waals surface area contributed by atoms with Crippen LogP contribution in [-0.2, 0) is 18.3 Å². The Morgan fingerprint density at radius 2 is 1.19 bits per heavy atom. The lowest BCUT2D eigenvalue weighted by atomic mass is 10.1. The van der Waals surface area contributed by atoms with E-state index in [4.69, 9.17) is 13.8 Å². The molecule has 0 fully saturated rings. The van der Waals surface area contributed by atoms with Crippen molar-refractivity contribution in [3.63, 3.8) is 0 Å². The van der Waals surface area contributed by atoms with Gasteiger partial charge in [0, 0.05) is 13.2 Å². The molecule has 7 heteroatoms. The van der Waals surface area contributed by atoms with Crippen molar-refractivity contribution in [2.75, 3.05) is 54.1 Å². The number of unbranched alkanes of at least 4 members (excludes halogenated alkanes) is 8. The Labute approximate surface area is 161 Å². The first-order valence-electron chi connectivity index (χ1n) is 10.3. The third-order valence-electron chi connectivity index (χ3n) is 4.10. The minimum Gasteiger partial charge on any atom is -0.381 e. The SMILES string of the molecule is CCCCCCOCCCCCCCCOP(=O)(O)OCC[N+](C)(C)C. The molecule has 6 nitrogen and oxygen atoms in total. The Hall–Kier alpha value is 0.0300. The van der Waals surface area contributed by atoms with Crippen molar-refractivity contribution >= 4 is 7.82 Å². The van der Waals surface area contributed by atoms with Crippen molar-refractivity contribution in [1.29, 1.82) is 0 Å². The average Bonchev–Trinajstić information content (AvgIpc) is 2.53. The number of hydrogen-bond donors (Lipinski definition) is 1. The molecular weight excluding hydrogens is 353 g/mol. The highest BCUT2D eigenvalue weighted by Gasteiger charge is 2.21. The van der Waals surface area contributed by atoms with Crippen LogP contribution in [0.25, 0.3) is 0 Å². The summed E-state index contributed by atoms with van der Waals surface area (Å²) in [6.45, 7) is 5.15. The Morgan fingerprint density at radius 3 is 1.73 bits per heavy atom. The Bertz CT molecular complexity index is 360. The number of phosphoric ester groups is 1. The molecule has 0 aromatic rings. The van der Waals surface area contributed by atoms with Gasteiger partial charge in [-0.1, -0.05) is 51.9 Å². The number of phosphoric acid groups is 1. The molecule has 0 radical (unpaired) electrons. The lowest BCUT2D eigenvalue weighted by Gasteiger charge is -2.24. The molecular formula is C19H43NO5P+. The lowest BCUT2D eigenvalue weighted by Crippen LogP contribution is -2.37. The fraction of sp³-hybridized carbons (Fsp3) is 1.00. The largest absolute Gasteiger partial charge is 0.472 e. The zero-order chi connectivity index (χ0) is 19.7. The van der Waals surface area contributed by atoms with Gasteiger partial charge in [-0.3, -0.25) is 9.05 Å². The van der Waals surface area contributed by atoms with Crippen LogP contribution < -0.4 is 0 Å². The van der Waals surface area contributed by atoms with Crippen LogP contribution in [0.2, 0.25) is 0 Å². The monoisotopic (exact) mass is 396 g/mol. The van der Waals surface area contributed by atoms with E-state index < -0.39 is 7.82 Å². The molecule has 158 valence electrons. The first-order chi connectivity index (χ1) is 12.3. The molecule has 0 aromatic heterocycles. The zero-order valence-electron chi connectivity index (χ0n) is 17.6. The second kappa shape index (κ2) is 16.0. The van der Waals surface area contributed by atoms with Gasteiger partial charge >= 0.3 is 7.82 Å². The number of ether oxygens (including phenoxy) is 1. The number of hydrogen-bond acceptors (Lipinski definition) is 4. The molecule has 1 atom stereocenters. The van der Waals surface area contributed by atoms with Crippen LogP contribution in [0.3, 0.4) is 0 Å². The van der Waals surface area contributed by atoms with Crippen LogP contribution in [0.1, 0.15) is 71.1 Å². The summed E-state index contributed by atoms with van der Waals surface area (Å²) < 4.78 is 28.0. The van der Waals surface area contributed by atoms with Crippen LogP contribution in [0.15, 0.2) is 0 Å².